The molecule has 1 amide bonds. The van der Waals surface area contributed by atoms with Gasteiger partial charge >= 0.3 is 0 Å². The first kappa shape index (κ1) is 12.5. The lowest BCUT2D eigenvalue weighted by Gasteiger charge is -2.23. The van der Waals surface area contributed by atoms with Gasteiger partial charge in [0, 0.05) is 17.5 Å². The zero-order valence-corrected chi connectivity index (χ0v) is 9.66. The molecule has 0 atom stereocenters. The summed E-state index contributed by atoms with van der Waals surface area (Å²) >= 11 is 0. The maximum atomic E-state index is 11.0. The van der Waals surface area contributed by atoms with Gasteiger partial charge < -0.3 is 5.73 Å². The zero-order chi connectivity index (χ0) is 12.2. The van der Waals surface area contributed by atoms with Gasteiger partial charge in [-0.3, -0.25) is 10.0 Å². The quantitative estimate of drug-likeness (QED) is 0.502. The van der Waals surface area contributed by atoms with Gasteiger partial charge in [-0.2, -0.15) is 0 Å². The number of nitrogens with two attached hydrogens (primary N) is 1. The molecule has 4 nitrogen and oxygen atoms in total. The van der Waals surface area contributed by atoms with E-state index < -0.39 is 0 Å². The molecule has 0 unspecified atom stereocenters. The van der Waals surface area contributed by atoms with Crippen molar-refractivity contribution < 1.29 is 10.0 Å². The van der Waals surface area contributed by atoms with E-state index in [-0.39, 0.29) is 17.7 Å². The van der Waals surface area contributed by atoms with Crippen LogP contribution in [0.5, 0.6) is 0 Å². The Morgan fingerprint density at radius 2 is 2.19 bits per heavy atom. The summed E-state index contributed by atoms with van der Waals surface area (Å²) in [6.07, 6.45) is 8.54. The van der Waals surface area contributed by atoms with Crippen LogP contribution in [0.15, 0.2) is 35.6 Å². The van der Waals surface area contributed by atoms with E-state index in [1.807, 2.05) is 24.3 Å². The molecule has 88 valence electrons. The highest BCUT2D eigenvalue weighted by Crippen LogP contribution is 2.33. The van der Waals surface area contributed by atoms with Crippen molar-refractivity contribution in [1.82, 2.24) is 5.48 Å². The Hall–Kier alpha value is -1.55. The van der Waals surface area contributed by atoms with E-state index in [4.69, 9.17) is 10.9 Å². The predicted molar refractivity (Wildman–Crippen MR) is 62.4 cm³/mol. The number of allylic oxidation sites excluding steroid dienone is 5. The Bertz CT molecular complexity index is 365. The van der Waals surface area contributed by atoms with Gasteiger partial charge in [-0.15, -0.1) is 0 Å². The van der Waals surface area contributed by atoms with Gasteiger partial charge in [-0.1, -0.05) is 31.6 Å². The minimum atomic E-state index is -0.373. The molecule has 4 heteroatoms. The van der Waals surface area contributed by atoms with E-state index in [2.05, 4.69) is 13.8 Å². The maximum Gasteiger partial charge on any atom is 0.243 e. The summed E-state index contributed by atoms with van der Waals surface area (Å²) in [6.45, 7) is 4.14. The highest BCUT2D eigenvalue weighted by Gasteiger charge is 2.21. The third-order valence-corrected chi connectivity index (χ3v) is 2.74. The van der Waals surface area contributed by atoms with Crippen LogP contribution in [0.3, 0.4) is 0 Å². The van der Waals surface area contributed by atoms with Crippen molar-refractivity contribution >= 4 is 5.91 Å². The van der Waals surface area contributed by atoms with Crippen LogP contribution in [-0.4, -0.2) is 11.1 Å². The van der Waals surface area contributed by atoms with E-state index in [9.17, 15) is 4.79 Å². The van der Waals surface area contributed by atoms with Crippen LogP contribution in [-0.2, 0) is 4.79 Å². The fourth-order valence-electron chi connectivity index (χ4n) is 1.59. The summed E-state index contributed by atoms with van der Waals surface area (Å²) in [5.41, 5.74) is 9.05. The second-order valence-electron chi connectivity index (χ2n) is 4.45. The van der Waals surface area contributed by atoms with E-state index >= 15 is 0 Å². The van der Waals surface area contributed by atoms with Crippen molar-refractivity contribution in [3.63, 3.8) is 0 Å². The van der Waals surface area contributed by atoms with Crippen molar-refractivity contribution in [2.75, 3.05) is 0 Å². The number of hydroxylamine groups is 1. The second kappa shape index (κ2) is 4.99. The number of amides is 1. The van der Waals surface area contributed by atoms with E-state index in [1.54, 1.807) is 5.48 Å². The van der Waals surface area contributed by atoms with E-state index in [0.717, 1.165) is 5.57 Å². The average Bonchev–Trinajstić information content (AvgIpc) is 2.36. The number of rotatable bonds is 3. The number of hydrogen-bond acceptors (Lipinski definition) is 3. The Morgan fingerprint density at radius 3 is 2.81 bits per heavy atom. The molecule has 0 heterocycles. The van der Waals surface area contributed by atoms with E-state index in [1.165, 1.54) is 0 Å². The topological polar surface area (TPSA) is 75.4 Å². The molecule has 0 aromatic rings. The van der Waals surface area contributed by atoms with Crippen molar-refractivity contribution in [1.29, 1.82) is 0 Å². The lowest BCUT2D eigenvalue weighted by molar-refractivity contribution is -0.129. The molecule has 0 aliphatic heterocycles. The Labute approximate surface area is 95.5 Å². The summed E-state index contributed by atoms with van der Waals surface area (Å²) in [7, 11) is 0. The first-order valence-corrected chi connectivity index (χ1v) is 5.24. The normalized spacial score (nSPS) is 18.4. The molecule has 1 rings (SSSR count). The Balaban J connectivity index is 2.77. The Morgan fingerprint density at radius 1 is 1.50 bits per heavy atom. The number of nitrogens with one attached hydrogen (secondary N) is 1. The van der Waals surface area contributed by atoms with Crippen LogP contribution in [0.1, 0.15) is 26.7 Å². The number of carbonyl (C=O) groups excluding carboxylic acids is 1. The Kier molecular flexibility index (Phi) is 3.90. The highest BCUT2D eigenvalue weighted by atomic mass is 16.5. The second-order valence-corrected chi connectivity index (χ2v) is 4.45. The van der Waals surface area contributed by atoms with Gasteiger partial charge in [-0.05, 0) is 18.6 Å². The van der Waals surface area contributed by atoms with Crippen LogP contribution in [0.25, 0.3) is 0 Å². The summed E-state index contributed by atoms with van der Waals surface area (Å²) < 4.78 is 0. The zero-order valence-electron chi connectivity index (χ0n) is 9.66. The molecule has 4 N–H and O–H groups in total. The fourth-order valence-corrected chi connectivity index (χ4v) is 1.59. The van der Waals surface area contributed by atoms with Crippen molar-refractivity contribution in [2.24, 2.45) is 11.1 Å². The summed E-state index contributed by atoms with van der Waals surface area (Å²) in [5, 5.41) is 8.43. The highest BCUT2D eigenvalue weighted by molar-refractivity contribution is 5.74. The molecule has 0 bridgehead atoms. The van der Waals surface area contributed by atoms with Crippen LogP contribution in [0, 0.1) is 5.41 Å². The monoisotopic (exact) mass is 222 g/mol. The molecule has 0 fully saturated rings. The van der Waals surface area contributed by atoms with Gasteiger partial charge in [0.05, 0.1) is 0 Å². The minimum absolute atomic E-state index is 0.118. The molecule has 0 saturated heterocycles. The molecule has 0 saturated carbocycles. The van der Waals surface area contributed by atoms with Crippen LogP contribution in [0.4, 0.5) is 0 Å². The largest absolute Gasteiger partial charge is 0.399 e. The molecule has 0 aromatic carbocycles. The van der Waals surface area contributed by atoms with Gasteiger partial charge in [0.15, 0.2) is 0 Å². The van der Waals surface area contributed by atoms with Crippen LogP contribution in [0.2, 0.25) is 0 Å². The van der Waals surface area contributed by atoms with Crippen molar-refractivity contribution in [3.05, 3.63) is 35.6 Å². The van der Waals surface area contributed by atoms with Crippen molar-refractivity contribution in [3.8, 4) is 0 Å². The summed E-state index contributed by atoms with van der Waals surface area (Å²) in [5.74, 6) is -0.373. The maximum absolute atomic E-state index is 11.0. The molecule has 1 aliphatic rings. The minimum Gasteiger partial charge on any atom is -0.399 e. The van der Waals surface area contributed by atoms with Crippen LogP contribution < -0.4 is 11.2 Å². The number of carbonyl (C=O) groups is 1. The standard InChI is InChI=1S/C12H18N2O2/c1-12(2)8-7-10(13)5-3-9(12)4-6-11(15)14-16/h3,5,7-8,16H,4,6,13H2,1-2H3,(H,14,15). The smallest absolute Gasteiger partial charge is 0.243 e. The summed E-state index contributed by atoms with van der Waals surface area (Å²) in [4.78, 5) is 11.0. The van der Waals surface area contributed by atoms with Crippen LogP contribution >= 0.6 is 0 Å². The number of hydrogen-bond donors (Lipinski definition) is 3. The first-order chi connectivity index (χ1) is 7.45. The van der Waals surface area contributed by atoms with E-state index in [0.29, 0.717) is 12.1 Å². The molecule has 1 aliphatic carbocycles. The molecule has 0 aromatic heterocycles. The van der Waals surface area contributed by atoms with Crippen molar-refractivity contribution in [2.45, 2.75) is 26.7 Å². The third kappa shape index (κ3) is 3.24. The lowest BCUT2D eigenvalue weighted by Crippen LogP contribution is -2.20. The molecule has 16 heavy (non-hydrogen) atoms. The molecule has 0 radical (unpaired) electrons. The molecule has 0 spiro atoms. The third-order valence-electron chi connectivity index (χ3n) is 2.74. The first-order valence-electron chi connectivity index (χ1n) is 5.24. The van der Waals surface area contributed by atoms with Gasteiger partial charge in [0.25, 0.3) is 0 Å². The predicted octanol–water partition coefficient (Wildman–Crippen LogP) is 1.64. The van der Waals surface area contributed by atoms with Gasteiger partial charge in [0.2, 0.25) is 5.91 Å². The van der Waals surface area contributed by atoms with Gasteiger partial charge in [0.1, 0.15) is 0 Å². The molecular formula is C12H18N2O2. The average molecular weight is 222 g/mol. The SMILES string of the molecule is CC1(C)C=CC(N)=CC=C1CCC(=O)NO. The summed E-state index contributed by atoms with van der Waals surface area (Å²) in [6, 6.07) is 0. The lowest BCUT2D eigenvalue weighted by atomic mass is 9.81. The van der Waals surface area contributed by atoms with Gasteiger partial charge in [-0.25, -0.2) is 5.48 Å². The fraction of sp³-hybridized carbons (Fsp3) is 0.417. The molecular weight excluding hydrogens is 204 g/mol.